The van der Waals surface area contributed by atoms with Gasteiger partial charge in [-0.2, -0.15) is 0 Å². The van der Waals surface area contributed by atoms with Crippen molar-refractivity contribution in [2.24, 2.45) is 10.9 Å². The van der Waals surface area contributed by atoms with Crippen LogP contribution in [0.4, 0.5) is 4.39 Å². The molecule has 4 nitrogen and oxygen atoms in total. The van der Waals surface area contributed by atoms with Crippen LogP contribution in [0, 0.1) is 11.7 Å². The first-order chi connectivity index (χ1) is 11.1. The number of hydrogen-bond donors (Lipinski definition) is 3. The zero-order valence-electron chi connectivity index (χ0n) is 14.3. The summed E-state index contributed by atoms with van der Waals surface area (Å²) >= 11 is 3.29. The van der Waals surface area contributed by atoms with Crippen molar-refractivity contribution in [1.82, 2.24) is 10.6 Å². The van der Waals surface area contributed by atoms with E-state index in [2.05, 4.69) is 38.5 Å². The lowest BCUT2D eigenvalue weighted by Gasteiger charge is -2.18. The molecule has 0 saturated heterocycles. The Morgan fingerprint density at radius 2 is 2.00 bits per heavy atom. The summed E-state index contributed by atoms with van der Waals surface area (Å²) in [6.07, 6.45) is 2.96. The molecule has 7 heteroatoms. The lowest BCUT2D eigenvalue weighted by atomic mass is 10.0. The van der Waals surface area contributed by atoms with Crippen LogP contribution in [0.15, 0.2) is 27.7 Å². The second-order valence-electron chi connectivity index (χ2n) is 5.52. The van der Waals surface area contributed by atoms with Crippen molar-refractivity contribution in [3.63, 3.8) is 0 Å². The number of aliphatic hydroxyl groups is 1. The van der Waals surface area contributed by atoms with Crippen LogP contribution in [-0.4, -0.2) is 30.8 Å². The average molecular weight is 516 g/mol. The number of nitrogens with zero attached hydrogens (tertiary/aromatic N) is 1. The Morgan fingerprint density at radius 3 is 2.58 bits per heavy atom. The summed E-state index contributed by atoms with van der Waals surface area (Å²) in [5.41, 5.74) is 0.814. The maximum atomic E-state index is 13.4. The third-order valence-electron chi connectivity index (χ3n) is 3.48. The molecule has 0 aliphatic carbocycles. The van der Waals surface area contributed by atoms with Gasteiger partial charge in [0.2, 0.25) is 0 Å². The van der Waals surface area contributed by atoms with Crippen molar-refractivity contribution >= 4 is 45.9 Å². The van der Waals surface area contributed by atoms with Gasteiger partial charge >= 0.3 is 0 Å². The zero-order valence-corrected chi connectivity index (χ0v) is 18.2. The van der Waals surface area contributed by atoms with Crippen molar-refractivity contribution in [3.8, 4) is 0 Å². The molecule has 3 N–H and O–H groups in total. The standard InChI is InChI=1S/C17H27BrFN3O.HI/c1-3-5-13(6-7-23)11-21-17(20-4-2)22-12-14-8-15(18)10-16(19)9-14;/h8-10,13,23H,3-7,11-12H2,1-2H3,(H2,20,21,22);1H. The molecule has 0 heterocycles. The molecule has 1 rings (SSSR count). The maximum Gasteiger partial charge on any atom is 0.191 e. The van der Waals surface area contributed by atoms with Gasteiger partial charge in [-0.15, -0.1) is 24.0 Å². The number of aliphatic hydroxyl groups excluding tert-OH is 1. The van der Waals surface area contributed by atoms with E-state index in [1.54, 1.807) is 0 Å². The quantitative estimate of drug-likeness (QED) is 0.264. The molecule has 0 spiro atoms. The minimum Gasteiger partial charge on any atom is -0.396 e. The molecule has 0 amide bonds. The minimum absolute atomic E-state index is 0. The highest BCUT2D eigenvalue weighted by atomic mass is 127. The van der Waals surface area contributed by atoms with E-state index < -0.39 is 0 Å². The summed E-state index contributed by atoms with van der Waals surface area (Å²) in [6.45, 7) is 6.30. The van der Waals surface area contributed by atoms with Gasteiger partial charge in [0.25, 0.3) is 0 Å². The van der Waals surface area contributed by atoms with Crippen LogP contribution < -0.4 is 10.6 Å². The monoisotopic (exact) mass is 515 g/mol. The highest BCUT2D eigenvalue weighted by Crippen LogP contribution is 2.15. The molecule has 1 aromatic carbocycles. The molecule has 1 atom stereocenters. The number of guanidine groups is 1. The van der Waals surface area contributed by atoms with E-state index in [4.69, 9.17) is 5.11 Å². The van der Waals surface area contributed by atoms with E-state index in [0.29, 0.717) is 22.9 Å². The third-order valence-corrected chi connectivity index (χ3v) is 3.94. The fourth-order valence-corrected chi connectivity index (χ4v) is 2.91. The zero-order chi connectivity index (χ0) is 17.1. The van der Waals surface area contributed by atoms with Crippen LogP contribution in [-0.2, 0) is 6.54 Å². The number of halogens is 3. The highest BCUT2D eigenvalue weighted by Gasteiger charge is 2.08. The topological polar surface area (TPSA) is 56.6 Å². The Labute approximate surface area is 169 Å². The molecule has 0 aliphatic heterocycles. The second-order valence-corrected chi connectivity index (χ2v) is 6.44. The molecule has 0 saturated carbocycles. The summed E-state index contributed by atoms with van der Waals surface area (Å²) < 4.78 is 14.1. The molecule has 0 fully saturated rings. The Kier molecular flexibility index (Phi) is 13.6. The van der Waals surface area contributed by atoms with Gasteiger partial charge in [-0.25, -0.2) is 9.38 Å². The van der Waals surface area contributed by atoms with E-state index in [1.165, 1.54) is 12.1 Å². The van der Waals surface area contributed by atoms with Gasteiger partial charge in [-0.1, -0.05) is 29.3 Å². The van der Waals surface area contributed by atoms with Gasteiger partial charge in [-0.05, 0) is 49.4 Å². The predicted molar refractivity (Wildman–Crippen MR) is 112 cm³/mol. The summed E-state index contributed by atoms with van der Waals surface area (Å²) in [5, 5.41) is 15.6. The molecule has 24 heavy (non-hydrogen) atoms. The molecule has 1 aromatic rings. The highest BCUT2D eigenvalue weighted by molar-refractivity contribution is 14.0. The van der Waals surface area contributed by atoms with E-state index in [0.717, 1.165) is 37.9 Å². The van der Waals surface area contributed by atoms with E-state index in [1.807, 2.05) is 13.0 Å². The smallest absolute Gasteiger partial charge is 0.191 e. The fraction of sp³-hybridized carbons (Fsp3) is 0.588. The van der Waals surface area contributed by atoms with Gasteiger partial charge < -0.3 is 15.7 Å². The molecular weight excluding hydrogens is 488 g/mol. The summed E-state index contributed by atoms with van der Waals surface area (Å²) in [7, 11) is 0. The number of hydrogen-bond acceptors (Lipinski definition) is 2. The average Bonchev–Trinajstić information content (AvgIpc) is 2.49. The molecule has 0 radical (unpaired) electrons. The minimum atomic E-state index is -0.270. The van der Waals surface area contributed by atoms with Crippen molar-refractivity contribution in [1.29, 1.82) is 0 Å². The van der Waals surface area contributed by atoms with Crippen LogP contribution in [0.25, 0.3) is 0 Å². The van der Waals surface area contributed by atoms with Gasteiger partial charge in [0.05, 0.1) is 6.54 Å². The number of benzene rings is 1. The summed E-state index contributed by atoms with van der Waals surface area (Å²) in [6, 6.07) is 4.78. The van der Waals surface area contributed by atoms with Crippen LogP contribution >= 0.6 is 39.9 Å². The predicted octanol–water partition coefficient (Wildman–Crippen LogP) is 4.06. The van der Waals surface area contributed by atoms with Crippen LogP contribution in [0.5, 0.6) is 0 Å². The first-order valence-electron chi connectivity index (χ1n) is 8.17. The Bertz CT molecular complexity index is 476. The molecule has 0 aromatic heterocycles. The third kappa shape index (κ3) is 9.78. The fourth-order valence-electron chi connectivity index (χ4n) is 2.39. The van der Waals surface area contributed by atoms with Gasteiger partial charge in [0, 0.05) is 24.2 Å². The van der Waals surface area contributed by atoms with Gasteiger partial charge in [0.1, 0.15) is 5.82 Å². The van der Waals surface area contributed by atoms with Crippen molar-refractivity contribution in [2.75, 3.05) is 19.7 Å². The van der Waals surface area contributed by atoms with Crippen LogP contribution in [0.3, 0.4) is 0 Å². The van der Waals surface area contributed by atoms with E-state index >= 15 is 0 Å². The Morgan fingerprint density at radius 1 is 1.25 bits per heavy atom. The summed E-state index contributed by atoms with van der Waals surface area (Å²) in [5.74, 6) is 0.873. The first-order valence-corrected chi connectivity index (χ1v) is 8.96. The maximum absolute atomic E-state index is 13.4. The molecular formula is C17H28BrFIN3O. The van der Waals surface area contributed by atoms with Crippen molar-refractivity contribution in [2.45, 2.75) is 39.7 Å². The van der Waals surface area contributed by atoms with Crippen LogP contribution in [0.1, 0.15) is 38.7 Å². The Balaban J connectivity index is 0.00000529. The van der Waals surface area contributed by atoms with Gasteiger partial charge in [0.15, 0.2) is 5.96 Å². The lowest BCUT2D eigenvalue weighted by molar-refractivity contribution is 0.251. The SMILES string of the molecule is CCCC(CCO)CNC(=NCc1cc(F)cc(Br)c1)NCC.I. The number of nitrogens with one attached hydrogen (secondary N) is 2. The summed E-state index contributed by atoms with van der Waals surface area (Å²) in [4.78, 5) is 4.50. The molecule has 138 valence electrons. The first kappa shape index (κ1) is 23.6. The van der Waals surface area contributed by atoms with E-state index in [-0.39, 0.29) is 36.4 Å². The van der Waals surface area contributed by atoms with Crippen molar-refractivity contribution < 1.29 is 9.50 Å². The lowest BCUT2D eigenvalue weighted by Crippen LogP contribution is -2.40. The van der Waals surface area contributed by atoms with Crippen LogP contribution in [0.2, 0.25) is 0 Å². The van der Waals surface area contributed by atoms with E-state index in [9.17, 15) is 4.39 Å². The largest absolute Gasteiger partial charge is 0.396 e. The van der Waals surface area contributed by atoms with Crippen molar-refractivity contribution in [3.05, 3.63) is 34.1 Å². The normalized spacial score (nSPS) is 12.5. The second kappa shape index (κ2) is 13.8. The Hall–Kier alpha value is -0.410. The molecule has 0 bridgehead atoms. The number of rotatable bonds is 9. The van der Waals surface area contributed by atoms with Gasteiger partial charge in [-0.3, -0.25) is 0 Å². The molecule has 0 aliphatic rings. The molecule has 1 unspecified atom stereocenters. The number of aliphatic imine (C=N–C) groups is 1.